The van der Waals surface area contributed by atoms with Crippen LogP contribution in [-0.4, -0.2) is 29.3 Å². The van der Waals surface area contributed by atoms with Gasteiger partial charge in [-0.1, -0.05) is 13.0 Å². The molecule has 2 N–H and O–H groups in total. The van der Waals surface area contributed by atoms with E-state index in [1.54, 1.807) is 26.0 Å². The lowest BCUT2D eigenvalue weighted by Crippen LogP contribution is -2.52. The highest BCUT2D eigenvalue weighted by atomic mass is 19.1. The van der Waals surface area contributed by atoms with Crippen LogP contribution in [0.25, 0.3) is 0 Å². The Morgan fingerprint density at radius 1 is 1.55 bits per heavy atom. The molecule has 112 valence electrons. The number of halogens is 1. The minimum atomic E-state index is -1.05. The maximum atomic E-state index is 13.1. The van der Waals surface area contributed by atoms with Crippen LogP contribution < -0.4 is 10.1 Å². The number of rotatable bonds is 8. The van der Waals surface area contributed by atoms with Crippen molar-refractivity contribution in [3.8, 4) is 5.75 Å². The highest BCUT2D eigenvalue weighted by Crippen LogP contribution is 2.19. The Balaban J connectivity index is 2.66. The number of carboxylic acid groups (broad SMARTS) is 1. The summed E-state index contributed by atoms with van der Waals surface area (Å²) in [5.41, 5.74) is -1.05. The molecule has 0 aliphatic rings. The van der Waals surface area contributed by atoms with Gasteiger partial charge in [0.2, 0.25) is 0 Å². The Bertz CT molecular complexity index is 452. The second kappa shape index (κ2) is 7.24. The van der Waals surface area contributed by atoms with Crippen LogP contribution in [0.2, 0.25) is 0 Å². The zero-order valence-electron chi connectivity index (χ0n) is 12.1. The summed E-state index contributed by atoms with van der Waals surface area (Å²) < 4.78 is 18.6. The SMILES string of the molecule is CCCNC(C)(CC(C)Oc1cccc(F)c1)C(=O)O. The molecule has 0 saturated heterocycles. The Hall–Kier alpha value is -1.62. The molecule has 1 aromatic carbocycles. The summed E-state index contributed by atoms with van der Waals surface area (Å²) in [5.74, 6) is -0.888. The van der Waals surface area contributed by atoms with Crippen molar-refractivity contribution in [3.63, 3.8) is 0 Å². The van der Waals surface area contributed by atoms with Gasteiger partial charge >= 0.3 is 5.97 Å². The molecule has 0 heterocycles. The average Bonchev–Trinajstić information content (AvgIpc) is 2.36. The van der Waals surface area contributed by atoms with Gasteiger partial charge in [0.1, 0.15) is 17.1 Å². The summed E-state index contributed by atoms with van der Waals surface area (Å²) in [5, 5.41) is 12.4. The molecule has 0 aromatic heterocycles. The van der Waals surface area contributed by atoms with Gasteiger partial charge in [0.15, 0.2) is 0 Å². The number of ether oxygens (including phenoxy) is 1. The van der Waals surface area contributed by atoms with E-state index in [1.807, 2.05) is 6.92 Å². The number of nitrogens with one attached hydrogen (secondary N) is 1. The van der Waals surface area contributed by atoms with Gasteiger partial charge in [-0.15, -0.1) is 0 Å². The number of carboxylic acids is 1. The van der Waals surface area contributed by atoms with E-state index in [0.717, 1.165) is 6.42 Å². The summed E-state index contributed by atoms with van der Waals surface area (Å²) in [4.78, 5) is 11.4. The number of aliphatic carboxylic acids is 1. The molecule has 20 heavy (non-hydrogen) atoms. The van der Waals surface area contributed by atoms with Crippen LogP contribution >= 0.6 is 0 Å². The van der Waals surface area contributed by atoms with E-state index in [-0.39, 0.29) is 11.9 Å². The minimum Gasteiger partial charge on any atom is -0.491 e. The Labute approximate surface area is 119 Å². The van der Waals surface area contributed by atoms with Crippen LogP contribution in [-0.2, 0) is 4.79 Å². The molecule has 0 radical (unpaired) electrons. The summed E-state index contributed by atoms with van der Waals surface area (Å²) in [7, 11) is 0. The monoisotopic (exact) mass is 283 g/mol. The van der Waals surface area contributed by atoms with Crippen molar-refractivity contribution in [3.05, 3.63) is 30.1 Å². The zero-order valence-corrected chi connectivity index (χ0v) is 12.1. The first-order valence-corrected chi connectivity index (χ1v) is 6.78. The molecule has 1 rings (SSSR count). The highest BCUT2D eigenvalue weighted by molar-refractivity contribution is 5.78. The fraction of sp³-hybridized carbons (Fsp3) is 0.533. The third-order valence-corrected chi connectivity index (χ3v) is 3.07. The van der Waals surface area contributed by atoms with Gasteiger partial charge in [0.05, 0.1) is 6.10 Å². The maximum Gasteiger partial charge on any atom is 0.323 e. The molecule has 0 aliphatic heterocycles. The second-order valence-corrected chi connectivity index (χ2v) is 5.15. The lowest BCUT2D eigenvalue weighted by molar-refractivity contribution is -0.145. The standard InChI is InChI=1S/C15H22FNO3/c1-4-8-17-15(3,14(18)19)10-11(2)20-13-7-5-6-12(16)9-13/h5-7,9,11,17H,4,8,10H2,1-3H3,(H,18,19). The van der Waals surface area contributed by atoms with E-state index in [2.05, 4.69) is 5.32 Å². The Morgan fingerprint density at radius 2 is 2.25 bits per heavy atom. The van der Waals surface area contributed by atoms with Crippen molar-refractivity contribution in [2.24, 2.45) is 0 Å². The summed E-state index contributed by atoms with van der Waals surface area (Å²) in [6, 6.07) is 5.83. The second-order valence-electron chi connectivity index (χ2n) is 5.15. The molecule has 1 aromatic rings. The van der Waals surface area contributed by atoms with E-state index in [0.29, 0.717) is 18.7 Å². The van der Waals surface area contributed by atoms with Crippen LogP contribution in [0.4, 0.5) is 4.39 Å². The van der Waals surface area contributed by atoms with Gasteiger partial charge in [-0.2, -0.15) is 0 Å². The van der Waals surface area contributed by atoms with Crippen LogP contribution in [0, 0.1) is 5.82 Å². The van der Waals surface area contributed by atoms with Crippen LogP contribution in [0.1, 0.15) is 33.6 Å². The number of carbonyl (C=O) groups is 1. The molecular formula is C15H22FNO3. The maximum absolute atomic E-state index is 13.1. The minimum absolute atomic E-state index is 0.291. The first-order chi connectivity index (χ1) is 9.37. The van der Waals surface area contributed by atoms with Crippen molar-refractivity contribution in [1.82, 2.24) is 5.32 Å². The molecule has 0 fully saturated rings. The van der Waals surface area contributed by atoms with E-state index in [4.69, 9.17) is 4.74 Å². The first kappa shape index (κ1) is 16.4. The number of hydrogen-bond donors (Lipinski definition) is 2. The zero-order chi connectivity index (χ0) is 15.2. The van der Waals surface area contributed by atoms with Crippen LogP contribution in [0.3, 0.4) is 0 Å². The summed E-state index contributed by atoms with van der Waals surface area (Å²) in [6.45, 7) is 6.01. The molecule has 0 saturated carbocycles. The normalized spacial score (nSPS) is 15.4. The molecule has 5 heteroatoms. The molecule has 0 spiro atoms. The molecular weight excluding hydrogens is 261 g/mol. The largest absolute Gasteiger partial charge is 0.491 e. The molecule has 2 atom stereocenters. The van der Waals surface area contributed by atoms with Crippen molar-refractivity contribution in [2.75, 3.05) is 6.54 Å². The number of hydrogen-bond acceptors (Lipinski definition) is 3. The Morgan fingerprint density at radius 3 is 2.80 bits per heavy atom. The topological polar surface area (TPSA) is 58.6 Å². The van der Waals surface area contributed by atoms with E-state index >= 15 is 0 Å². The highest BCUT2D eigenvalue weighted by Gasteiger charge is 2.34. The smallest absolute Gasteiger partial charge is 0.323 e. The van der Waals surface area contributed by atoms with Gasteiger partial charge in [0, 0.05) is 12.5 Å². The summed E-state index contributed by atoms with van der Waals surface area (Å²) >= 11 is 0. The predicted octanol–water partition coefficient (Wildman–Crippen LogP) is 2.83. The van der Waals surface area contributed by atoms with E-state index < -0.39 is 11.5 Å². The Kier molecular flexibility index (Phi) is 5.95. The quantitative estimate of drug-likeness (QED) is 0.770. The van der Waals surface area contributed by atoms with Crippen LogP contribution in [0.5, 0.6) is 5.75 Å². The fourth-order valence-electron chi connectivity index (χ4n) is 2.03. The molecule has 2 unspecified atom stereocenters. The number of benzene rings is 1. The van der Waals surface area contributed by atoms with Gasteiger partial charge in [-0.05, 0) is 38.9 Å². The lowest BCUT2D eigenvalue weighted by atomic mass is 9.94. The van der Waals surface area contributed by atoms with Crippen molar-refractivity contribution in [2.45, 2.75) is 45.3 Å². The first-order valence-electron chi connectivity index (χ1n) is 6.78. The molecule has 0 bridgehead atoms. The van der Waals surface area contributed by atoms with Gasteiger partial charge < -0.3 is 15.2 Å². The van der Waals surface area contributed by atoms with Crippen molar-refractivity contribution in [1.29, 1.82) is 0 Å². The van der Waals surface area contributed by atoms with Gasteiger partial charge in [0.25, 0.3) is 0 Å². The predicted molar refractivity (Wildman–Crippen MR) is 75.4 cm³/mol. The molecule has 0 amide bonds. The molecule has 0 aliphatic carbocycles. The van der Waals surface area contributed by atoms with E-state index in [1.165, 1.54) is 12.1 Å². The van der Waals surface area contributed by atoms with Gasteiger partial charge in [-0.25, -0.2) is 4.39 Å². The fourth-order valence-corrected chi connectivity index (χ4v) is 2.03. The summed E-state index contributed by atoms with van der Waals surface area (Å²) in [6.07, 6.45) is 0.795. The van der Waals surface area contributed by atoms with Crippen LogP contribution in [0.15, 0.2) is 24.3 Å². The average molecular weight is 283 g/mol. The van der Waals surface area contributed by atoms with Crippen molar-refractivity contribution >= 4 is 5.97 Å². The third kappa shape index (κ3) is 4.81. The lowest BCUT2D eigenvalue weighted by Gasteiger charge is -2.29. The molecule has 4 nitrogen and oxygen atoms in total. The van der Waals surface area contributed by atoms with Gasteiger partial charge in [-0.3, -0.25) is 4.79 Å². The van der Waals surface area contributed by atoms with E-state index in [9.17, 15) is 14.3 Å². The third-order valence-electron chi connectivity index (χ3n) is 3.07. The van der Waals surface area contributed by atoms with Crippen molar-refractivity contribution < 1.29 is 19.0 Å².